The van der Waals surface area contributed by atoms with E-state index in [1.54, 1.807) is 36.5 Å². The van der Waals surface area contributed by atoms with Gasteiger partial charge >= 0.3 is 0 Å². The van der Waals surface area contributed by atoms with Crippen molar-refractivity contribution in [2.24, 2.45) is 5.92 Å². The number of non-ortho nitro benzene ring substituents is 1. The van der Waals surface area contributed by atoms with Crippen molar-refractivity contribution in [1.29, 1.82) is 0 Å². The average molecular weight is 386 g/mol. The number of nitro benzene ring substituents is 1. The fourth-order valence-electron chi connectivity index (χ4n) is 3.60. The normalized spacial score (nSPS) is 19.7. The van der Waals surface area contributed by atoms with E-state index in [9.17, 15) is 20.0 Å². The second-order valence-electron chi connectivity index (χ2n) is 6.95. The summed E-state index contributed by atoms with van der Waals surface area (Å²) >= 11 is 0. The largest absolute Gasteiger partial charge is 0.859 e. The fraction of sp³-hybridized carbons (Fsp3) is 0.421. The van der Waals surface area contributed by atoms with Crippen molar-refractivity contribution in [3.63, 3.8) is 0 Å². The molecular weight excluding hydrogens is 362 g/mol. The first kappa shape index (κ1) is 19.5. The number of amides is 1. The summed E-state index contributed by atoms with van der Waals surface area (Å²) in [4.78, 5) is 22.6. The molecule has 1 aliphatic heterocycles. The Balaban J connectivity index is 1.69. The van der Waals surface area contributed by atoms with Gasteiger partial charge in [0.1, 0.15) is 6.04 Å². The number of carbonyl (C=O) groups is 1. The molecule has 28 heavy (non-hydrogen) atoms. The standard InChI is InChI=1S/C19H25N5O4/c1-20-19(26)17(13-5-3-2-4-6-13)21-18(25)16-11-12-23(22-16)14-7-9-15(10-8-14)24(27)28/h7-13,17,21-22,25H,2-6H2,1H3,(H,20,26)/p-1/t17-/m0/s1. The van der Waals surface area contributed by atoms with Gasteiger partial charge < -0.3 is 15.7 Å². The number of nitro groups is 1. The quantitative estimate of drug-likeness (QED) is 0.382. The second-order valence-corrected chi connectivity index (χ2v) is 6.95. The van der Waals surface area contributed by atoms with Gasteiger partial charge in [-0.25, -0.2) is 0 Å². The molecule has 1 aromatic rings. The lowest BCUT2D eigenvalue weighted by atomic mass is 9.83. The van der Waals surface area contributed by atoms with Gasteiger partial charge in [-0.15, -0.1) is 0 Å². The predicted molar refractivity (Wildman–Crippen MR) is 102 cm³/mol. The summed E-state index contributed by atoms with van der Waals surface area (Å²) in [5, 5.41) is 30.5. The summed E-state index contributed by atoms with van der Waals surface area (Å²) in [6.07, 6.45) is 8.41. The van der Waals surface area contributed by atoms with Gasteiger partial charge in [-0.2, -0.15) is 0 Å². The third-order valence-electron chi connectivity index (χ3n) is 5.15. The number of allylic oxidation sites excluding steroid dienone is 1. The van der Waals surface area contributed by atoms with E-state index in [0.29, 0.717) is 11.4 Å². The van der Waals surface area contributed by atoms with Gasteiger partial charge in [0.15, 0.2) is 0 Å². The van der Waals surface area contributed by atoms with E-state index in [0.717, 1.165) is 32.1 Å². The maximum atomic E-state index is 12.7. The summed E-state index contributed by atoms with van der Waals surface area (Å²) in [6.45, 7) is 0. The van der Waals surface area contributed by atoms with Crippen molar-refractivity contribution in [1.82, 2.24) is 16.1 Å². The number of hydrogen-bond donors (Lipinski definition) is 3. The first-order chi connectivity index (χ1) is 13.5. The van der Waals surface area contributed by atoms with Crippen LogP contribution < -0.4 is 26.2 Å². The summed E-state index contributed by atoms with van der Waals surface area (Å²) < 4.78 is 0. The monoisotopic (exact) mass is 386 g/mol. The Morgan fingerprint density at radius 3 is 2.54 bits per heavy atom. The van der Waals surface area contributed by atoms with E-state index < -0.39 is 11.0 Å². The van der Waals surface area contributed by atoms with Crippen LogP contribution in [0.1, 0.15) is 32.1 Å². The van der Waals surface area contributed by atoms with Gasteiger partial charge in [-0.3, -0.25) is 25.3 Å². The second kappa shape index (κ2) is 8.64. The van der Waals surface area contributed by atoms with Crippen molar-refractivity contribution in [3.05, 3.63) is 58.2 Å². The molecule has 9 nitrogen and oxygen atoms in total. The highest BCUT2D eigenvalue weighted by atomic mass is 16.6. The van der Waals surface area contributed by atoms with Crippen LogP contribution >= 0.6 is 0 Å². The number of rotatable bonds is 6. The van der Waals surface area contributed by atoms with Gasteiger partial charge in [-0.1, -0.05) is 19.3 Å². The highest BCUT2D eigenvalue weighted by Crippen LogP contribution is 2.27. The number of nitrogens with one attached hydrogen (secondary N) is 3. The zero-order valence-corrected chi connectivity index (χ0v) is 15.7. The predicted octanol–water partition coefficient (Wildman–Crippen LogP) is 1.25. The van der Waals surface area contributed by atoms with Crippen LogP contribution in [0.15, 0.2) is 48.1 Å². The highest BCUT2D eigenvalue weighted by Gasteiger charge is 2.28. The van der Waals surface area contributed by atoms with Gasteiger partial charge in [0.05, 0.1) is 16.3 Å². The van der Waals surface area contributed by atoms with Crippen LogP contribution in [-0.4, -0.2) is 23.9 Å². The first-order valence-corrected chi connectivity index (χ1v) is 9.37. The number of nitrogens with zero attached hydrogens (tertiary/aromatic N) is 2. The molecule has 1 aliphatic carbocycles. The third-order valence-corrected chi connectivity index (χ3v) is 5.15. The molecule has 1 fully saturated rings. The van der Waals surface area contributed by atoms with Crippen LogP contribution in [0, 0.1) is 16.0 Å². The van der Waals surface area contributed by atoms with Crippen LogP contribution in [0.2, 0.25) is 0 Å². The maximum Gasteiger partial charge on any atom is 0.269 e. The number of anilines is 1. The minimum absolute atomic E-state index is 0.00484. The molecule has 0 unspecified atom stereocenters. The molecular formula is C19H24N5O4-. The number of benzene rings is 1. The molecule has 2 aliphatic rings. The van der Waals surface area contributed by atoms with Crippen molar-refractivity contribution < 1.29 is 14.8 Å². The number of hydrazine groups is 1. The van der Waals surface area contributed by atoms with E-state index >= 15 is 0 Å². The summed E-state index contributed by atoms with van der Waals surface area (Å²) in [5.41, 5.74) is 3.90. The molecule has 1 aromatic carbocycles. The van der Waals surface area contributed by atoms with Crippen molar-refractivity contribution in [2.75, 3.05) is 12.1 Å². The van der Waals surface area contributed by atoms with Crippen LogP contribution in [0.3, 0.4) is 0 Å². The summed E-state index contributed by atoms with van der Waals surface area (Å²) in [6, 6.07) is 5.41. The maximum absolute atomic E-state index is 12.7. The summed E-state index contributed by atoms with van der Waals surface area (Å²) in [5.74, 6) is -0.413. The lowest BCUT2D eigenvalue weighted by Gasteiger charge is -2.33. The molecule has 0 spiro atoms. The molecule has 0 radical (unpaired) electrons. The number of likely N-dealkylation sites (N-methyl/N-ethyl adjacent to an activating group) is 1. The van der Waals surface area contributed by atoms with Crippen molar-refractivity contribution >= 4 is 17.3 Å². The van der Waals surface area contributed by atoms with E-state index in [1.165, 1.54) is 12.1 Å². The topological polar surface area (TPSA) is 123 Å². The van der Waals surface area contributed by atoms with Gasteiger partial charge in [-0.05, 0) is 42.9 Å². The molecule has 3 N–H and O–H groups in total. The highest BCUT2D eigenvalue weighted by molar-refractivity contribution is 5.82. The first-order valence-electron chi connectivity index (χ1n) is 9.37. The fourth-order valence-corrected chi connectivity index (χ4v) is 3.60. The molecule has 150 valence electrons. The Hall–Kier alpha value is -3.23. The molecule has 1 amide bonds. The van der Waals surface area contributed by atoms with E-state index in [4.69, 9.17) is 0 Å². The van der Waals surface area contributed by atoms with Crippen LogP contribution in [0.25, 0.3) is 0 Å². The molecule has 9 heteroatoms. The van der Waals surface area contributed by atoms with Crippen molar-refractivity contribution in [3.8, 4) is 0 Å². The zero-order chi connectivity index (χ0) is 20.1. The van der Waals surface area contributed by atoms with E-state index in [-0.39, 0.29) is 23.4 Å². The summed E-state index contributed by atoms with van der Waals surface area (Å²) in [7, 11) is 1.57. The number of carbonyl (C=O) groups excluding carboxylic acids is 1. The zero-order valence-electron chi connectivity index (χ0n) is 15.7. The average Bonchev–Trinajstić information content (AvgIpc) is 3.22. The molecule has 0 saturated heterocycles. The molecule has 3 rings (SSSR count). The Bertz CT molecular complexity index is 784. The van der Waals surface area contributed by atoms with E-state index in [1.807, 2.05) is 0 Å². The Kier molecular flexibility index (Phi) is 6.03. The molecule has 1 atom stereocenters. The lowest BCUT2D eigenvalue weighted by Crippen LogP contribution is -2.50. The minimum atomic E-state index is -0.561. The molecule has 0 aromatic heterocycles. The molecule has 1 saturated carbocycles. The van der Waals surface area contributed by atoms with Crippen molar-refractivity contribution in [2.45, 2.75) is 38.1 Å². The Morgan fingerprint density at radius 2 is 1.93 bits per heavy atom. The van der Waals surface area contributed by atoms with Crippen LogP contribution in [0.4, 0.5) is 11.4 Å². The molecule has 1 heterocycles. The van der Waals surface area contributed by atoms with Crippen LogP contribution in [0.5, 0.6) is 0 Å². The minimum Gasteiger partial charge on any atom is -0.859 e. The third kappa shape index (κ3) is 4.36. The van der Waals surface area contributed by atoms with E-state index in [2.05, 4.69) is 16.1 Å². The molecule has 0 bridgehead atoms. The van der Waals surface area contributed by atoms with Crippen LogP contribution in [-0.2, 0) is 4.79 Å². The lowest BCUT2D eigenvalue weighted by molar-refractivity contribution is -0.384. The Morgan fingerprint density at radius 1 is 1.25 bits per heavy atom. The van der Waals surface area contributed by atoms with Gasteiger partial charge in [0.25, 0.3) is 5.69 Å². The number of hydrogen-bond acceptors (Lipinski definition) is 7. The van der Waals surface area contributed by atoms with Gasteiger partial charge in [0.2, 0.25) is 5.91 Å². The smallest absolute Gasteiger partial charge is 0.269 e. The SMILES string of the molecule is CNC(=O)[C@@H](NC([O-])=C1C=CN(c2ccc([N+](=O)[O-])cc2)N1)C1CCCCC1. The van der Waals surface area contributed by atoms with Gasteiger partial charge in [0, 0.05) is 25.4 Å². The Labute approximate surface area is 163 Å².